The third-order valence-electron chi connectivity index (χ3n) is 3.84. The molecular weight excluding hydrogens is 372 g/mol. The Labute approximate surface area is 150 Å². The maximum absolute atomic E-state index is 13.6. The molecule has 0 spiro atoms. The maximum atomic E-state index is 13.6. The van der Waals surface area contributed by atoms with Gasteiger partial charge in [0.1, 0.15) is 22.7 Å². The Kier molecular flexibility index (Phi) is 5.22. The van der Waals surface area contributed by atoms with E-state index >= 15 is 0 Å². The number of halogens is 2. The normalized spacial score (nSPS) is 23.0. The first-order valence-electron chi connectivity index (χ1n) is 7.82. The van der Waals surface area contributed by atoms with Crippen molar-refractivity contribution in [3.8, 4) is 5.75 Å². The zero-order valence-electron chi connectivity index (χ0n) is 14.8. The molecule has 0 bridgehead atoms. The number of carbonyl (C=O) groups excluding carboxylic acids is 1. The van der Waals surface area contributed by atoms with Gasteiger partial charge in [0.15, 0.2) is 11.6 Å². The second-order valence-corrected chi connectivity index (χ2v) is 8.98. The van der Waals surface area contributed by atoms with Crippen LogP contribution in [0.15, 0.2) is 12.1 Å². The second-order valence-electron chi connectivity index (χ2n) is 7.26. The fourth-order valence-corrected chi connectivity index (χ4v) is 3.96. The van der Waals surface area contributed by atoms with Crippen molar-refractivity contribution in [3.05, 3.63) is 29.3 Å². The number of hydrogen-bond acceptors (Lipinski definition) is 6. The van der Waals surface area contributed by atoms with E-state index in [0.29, 0.717) is 6.07 Å². The molecule has 1 aromatic rings. The van der Waals surface area contributed by atoms with Gasteiger partial charge in [-0.15, -0.1) is 0 Å². The molecule has 26 heavy (non-hydrogen) atoms. The zero-order valence-corrected chi connectivity index (χ0v) is 15.6. The molecule has 10 heteroatoms. The molecule has 7 nitrogen and oxygen atoms in total. The highest BCUT2D eigenvalue weighted by Crippen LogP contribution is 2.42. The Morgan fingerprint density at radius 2 is 1.96 bits per heavy atom. The molecule has 2 atom stereocenters. The van der Waals surface area contributed by atoms with E-state index in [-0.39, 0.29) is 17.9 Å². The van der Waals surface area contributed by atoms with E-state index in [1.807, 2.05) is 0 Å². The van der Waals surface area contributed by atoms with E-state index in [9.17, 15) is 27.1 Å². The quantitative estimate of drug-likeness (QED) is 0.815. The summed E-state index contributed by atoms with van der Waals surface area (Å²) in [6.45, 7) is 6.05. The number of sulfonamides is 1. The number of hydrogen-bond donors (Lipinski definition) is 2. The van der Waals surface area contributed by atoms with E-state index in [4.69, 9.17) is 9.47 Å². The number of rotatable bonds is 3. The first kappa shape index (κ1) is 20.4. The first-order chi connectivity index (χ1) is 11.7. The molecule has 1 amide bonds. The average Bonchev–Trinajstić information content (AvgIpc) is 2.42. The lowest BCUT2D eigenvalue weighted by atomic mass is 9.82. The van der Waals surface area contributed by atoms with E-state index in [2.05, 4.69) is 0 Å². The van der Waals surface area contributed by atoms with Crippen LogP contribution >= 0.6 is 0 Å². The molecule has 0 fully saturated rings. The minimum absolute atomic E-state index is 0.115. The highest BCUT2D eigenvalue weighted by Gasteiger charge is 2.46. The second kappa shape index (κ2) is 6.66. The molecule has 2 N–H and O–H groups in total. The van der Waals surface area contributed by atoms with Crippen molar-refractivity contribution in [1.82, 2.24) is 4.72 Å². The van der Waals surface area contributed by atoms with Gasteiger partial charge in [0.05, 0.1) is 6.61 Å². The fraction of sp³-hybridized carbons (Fsp3) is 0.562. The monoisotopic (exact) mass is 393 g/mol. The van der Waals surface area contributed by atoms with Crippen LogP contribution in [0, 0.1) is 17.6 Å². The van der Waals surface area contributed by atoms with Crippen molar-refractivity contribution in [2.75, 3.05) is 12.4 Å². The van der Waals surface area contributed by atoms with Gasteiger partial charge in [0.2, 0.25) is 10.0 Å². The van der Waals surface area contributed by atoms with Gasteiger partial charge >= 0.3 is 6.09 Å². The highest BCUT2D eigenvalue weighted by molar-refractivity contribution is 7.90. The summed E-state index contributed by atoms with van der Waals surface area (Å²) in [7, 11) is -4.36. The molecule has 0 radical (unpaired) electrons. The van der Waals surface area contributed by atoms with Gasteiger partial charge in [-0.25, -0.2) is 26.7 Å². The van der Waals surface area contributed by atoms with Crippen molar-refractivity contribution >= 4 is 16.1 Å². The van der Waals surface area contributed by atoms with Gasteiger partial charge in [-0.1, -0.05) is 6.92 Å². The van der Waals surface area contributed by atoms with Crippen molar-refractivity contribution in [2.45, 2.75) is 38.9 Å². The minimum Gasteiger partial charge on any atom is -0.493 e. The lowest BCUT2D eigenvalue weighted by Crippen LogP contribution is -2.49. The van der Waals surface area contributed by atoms with E-state index < -0.39 is 50.6 Å². The van der Waals surface area contributed by atoms with Crippen LogP contribution in [-0.2, 0) is 20.4 Å². The van der Waals surface area contributed by atoms with Crippen LogP contribution in [0.2, 0.25) is 0 Å². The summed E-state index contributed by atoms with van der Waals surface area (Å²) in [6, 6.07) is 1.44. The largest absolute Gasteiger partial charge is 0.493 e. The molecule has 1 aliphatic heterocycles. The molecule has 0 saturated carbocycles. The van der Waals surface area contributed by atoms with Crippen LogP contribution in [0.25, 0.3) is 0 Å². The first-order valence-corrected chi connectivity index (χ1v) is 9.47. The Morgan fingerprint density at radius 1 is 1.38 bits per heavy atom. The lowest BCUT2D eigenvalue weighted by molar-refractivity contribution is -0.0328. The predicted octanol–water partition coefficient (Wildman–Crippen LogP) is 2.04. The number of nitrogens with one attached hydrogen (secondary N) is 1. The number of amides is 1. The summed E-state index contributed by atoms with van der Waals surface area (Å²) in [5.74, 6) is -4.32. The van der Waals surface area contributed by atoms with E-state index in [1.165, 1.54) is 6.92 Å². The summed E-state index contributed by atoms with van der Waals surface area (Å²) in [6.07, 6.45) is -1.20. The SMILES string of the molecule is CC1COc2cc(F)c(F)cc2C1(O)CS(=O)(=O)NC(=O)OC(C)(C)C. The summed E-state index contributed by atoms with van der Waals surface area (Å²) in [4.78, 5) is 11.7. The lowest BCUT2D eigenvalue weighted by Gasteiger charge is -2.39. The van der Waals surface area contributed by atoms with Crippen LogP contribution in [-0.4, -0.2) is 37.6 Å². The molecular formula is C16H21F2NO6S. The van der Waals surface area contributed by atoms with Gasteiger partial charge in [0.25, 0.3) is 0 Å². The van der Waals surface area contributed by atoms with E-state index in [0.717, 1.165) is 6.07 Å². The van der Waals surface area contributed by atoms with E-state index in [1.54, 1.807) is 25.5 Å². The number of ether oxygens (including phenoxy) is 2. The van der Waals surface area contributed by atoms with Crippen LogP contribution in [0.3, 0.4) is 0 Å². The molecule has 0 aromatic heterocycles. The molecule has 1 aromatic carbocycles. The molecule has 2 rings (SSSR count). The molecule has 2 unspecified atom stereocenters. The summed E-state index contributed by atoms with van der Waals surface area (Å²) >= 11 is 0. The maximum Gasteiger partial charge on any atom is 0.421 e. The molecule has 1 aliphatic rings. The topological polar surface area (TPSA) is 102 Å². The van der Waals surface area contributed by atoms with Gasteiger partial charge in [-0.3, -0.25) is 0 Å². The number of carbonyl (C=O) groups is 1. The van der Waals surface area contributed by atoms with Crippen LogP contribution in [0.5, 0.6) is 5.75 Å². The van der Waals surface area contributed by atoms with Crippen molar-refractivity contribution in [1.29, 1.82) is 0 Å². The Morgan fingerprint density at radius 3 is 2.54 bits per heavy atom. The summed E-state index contributed by atoms with van der Waals surface area (Å²) in [5, 5.41) is 10.9. The number of fused-ring (bicyclic) bond motifs is 1. The molecule has 0 aliphatic carbocycles. The predicted molar refractivity (Wildman–Crippen MR) is 88.1 cm³/mol. The minimum atomic E-state index is -4.36. The average molecular weight is 393 g/mol. The Bertz CT molecular complexity index is 821. The third-order valence-corrected chi connectivity index (χ3v) is 5.14. The standard InChI is InChI=1S/C16H21F2NO6S/c1-9-7-24-13-6-12(18)11(17)5-10(13)16(9,21)8-26(22,23)19-14(20)25-15(2,3)4/h5-6,9,21H,7-8H2,1-4H3,(H,19,20). The highest BCUT2D eigenvalue weighted by atomic mass is 32.2. The van der Waals surface area contributed by atoms with Gasteiger partial charge in [-0.05, 0) is 26.8 Å². The van der Waals surface area contributed by atoms with Crippen LogP contribution in [0.1, 0.15) is 33.3 Å². The molecule has 1 heterocycles. The summed E-state index contributed by atoms with van der Waals surface area (Å²) in [5.41, 5.74) is -3.21. The number of aliphatic hydroxyl groups is 1. The smallest absolute Gasteiger partial charge is 0.421 e. The Balaban J connectivity index is 2.33. The van der Waals surface area contributed by atoms with Crippen molar-refractivity contribution in [3.63, 3.8) is 0 Å². The number of benzene rings is 1. The van der Waals surface area contributed by atoms with Gasteiger partial charge < -0.3 is 14.6 Å². The fourth-order valence-electron chi connectivity index (χ4n) is 2.58. The molecule has 0 saturated heterocycles. The van der Waals surface area contributed by atoms with Gasteiger partial charge in [-0.2, -0.15) is 0 Å². The van der Waals surface area contributed by atoms with Crippen molar-refractivity contribution in [2.24, 2.45) is 5.92 Å². The third kappa shape index (κ3) is 4.42. The molecule has 146 valence electrons. The van der Waals surface area contributed by atoms with Crippen LogP contribution < -0.4 is 9.46 Å². The summed E-state index contributed by atoms with van der Waals surface area (Å²) < 4.78 is 63.5. The Hall–Kier alpha value is -1.94. The van der Waals surface area contributed by atoms with Gasteiger partial charge in [0, 0.05) is 17.5 Å². The zero-order chi connectivity index (χ0) is 19.9. The van der Waals surface area contributed by atoms with Crippen molar-refractivity contribution < 1.29 is 36.6 Å². The van der Waals surface area contributed by atoms with Crippen LogP contribution in [0.4, 0.5) is 13.6 Å².